The molecule has 0 spiro atoms. The van der Waals surface area contributed by atoms with Crippen LogP contribution in [0.1, 0.15) is 17.3 Å². The highest BCUT2D eigenvalue weighted by atomic mass is 32.2. The maximum Gasteiger partial charge on any atom is 0.363 e. The third-order valence-electron chi connectivity index (χ3n) is 3.87. The van der Waals surface area contributed by atoms with Gasteiger partial charge in [-0.2, -0.15) is 0 Å². The Morgan fingerprint density at radius 2 is 1.65 bits per heavy atom. The minimum Gasteiger partial charge on any atom is -0.421 e. The van der Waals surface area contributed by atoms with Crippen molar-refractivity contribution in [2.24, 2.45) is 0 Å². The van der Waals surface area contributed by atoms with Gasteiger partial charge in [0.1, 0.15) is 5.58 Å². The van der Waals surface area contributed by atoms with Gasteiger partial charge in [-0.25, -0.2) is 13.2 Å². The topological polar surface area (TPSA) is 105 Å². The number of Topliss-reactive ketones (excluding diaryl/α,β-unsaturated/α-hetero) is 1. The Balaban J connectivity index is 2.08. The number of benzene rings is 2. The molecule has 0 radical (unpaired) electrons. The van der Waals surface area contributed by atoms with E-state index in [9.17, 15) is 18.0 Å². The van der Waals surface area contributed by atoms with Crippen LogP contribution in [0.25, 0.3) is 11.0 Å². The number of nitrogens with one attached hydrogen (secondary N) is 2. The predicted octanol–water partition coefficient (Wildman–Crippen LogP) is 2.84. The lowest BCUT2D eigenvalue weighted by atomic mass is 10.2. The van der Waals surface area contributed by atoms with Crippen molar-refractivity contribution >= 4 is 38.2 Å². The average Bonchev–Trinajstić information content (AvgIpc) is 2.62. The summed E-state index contributed by atoms with van der Waals surface area (Å²) in [5, 5.41) is 3.41. The summed E-state index contributed by atoms with van der Waals surface area (Å²) in [6.45, 7) is 1.39. The maximum absolute atomic E-state index is 12.6. The molecule has 0 fully saturated rings. The van der Waals surface area contributed by atoms with Crippen LogP contribution in [0, 0.1) is 0 Å². The number of para-hydroxylation sites is 1. The van der Waals surface area contributed by atoms with E-state index in [0.717, 1.165) is 0 Å². The Hall–Kier alpha value is -3.13. The second-order valence-corrected chi connectivity index (χ2v) is 7.25. The molecule has 3 aromatic rings. The molecule has 0 atom stereocenters. The molecule has 134 valence electrons. The Morgan fingerprint density at radius 3 is 2.27 bits per heavy atom. The lowest BCUT2D eigenvalue weighted by Crippen LogP contribution is -2.20. The first-order valence-corrected chi connectivity index (χ1v) is 9.19. The Bertz CT molecular complexity index is 1150. The number of anilines is 2. The number of rotatable bonds is 5. The maximum atomic E-state index is 12.6. The first kappa shape index (κ1) is 17.7. The summed E-state index contributed by atoms with van der Waals surface area (Å²) in [4.78, 5) is 23.5. The second-order valence-electron chi connectivity index (χ2n) is 5.57. The number of fused-ring (bicyclic) bond motifs is 1. The number of carbonyl (C=O) groups is 1. The third-order valence-corrected chi connectivity index (χ3v) is 5.24. The van der Waals surface area contributed by atoms with E-state index in [2.05, 4.69) is 10.0 Å². The predicted molar refractivity (Wildman–Crippen MR) is 99.3 cm³/mol. The van der Waals surface area contributed by atoms with E-state index >= 15 is 0 Å². The third kappa shape index (κ3) is 3.18. The molecule has 2 N–H and O–H groups in total. The smallest absolute Gasteiger partial charge is 0.363 e. The second kappa shape index (κ2) is 6.64. The van der Waals surface area contributed by atoms with Gasteiger partial charge in [0.05, 0.1) is 10.6 Å². The molecule has 8 heteroatoms. The van der Waals surface area contributed by atoms with Crippen LogP contribution in [0.3, 0.4) is 0 Å². The highest BCUT2D eigenvalue weighted by Crippen LogP contribution is 2.29. The van der Waals surface area contributed by atoms with Crippen LogP contribution < -0.4 is 15.7 Å². The van der Waals surface area contributed by atoms with Crippen molar-refractivity contribution in [2.45, 2.75) is 11.8 Å². The van der Waals surface area contributed by atoms with Gasteiger partial charge in [0.15, 0.2) is 11.5 Å². The van der Waals surface area contributed by atoms with E-state index in [1.54, 1.807) is 31.3 Å². The Morgan fingerprint density at radius 1 is 1.00 bits per heavy atom. The molecule has 0 aliphatic rings. The van der Waals surface area contributed by atoms with Crippen molar-refractivity contribution < 1.29 is 17.6 Å². The molecule has 26 heavy (non-hydrogen) atoms. The van der Waals surface area contributed by atoms with E-state index in [-0.39, 0.29) is 16.4 Å². The van der Waals surface area contributed by atoms with Crippen molar-refractivity contribution in [1.29, 1.82) is 0 Å². The summed E-state index contributed by atoms with van der Waals surface area (Å²) in [5.74, 6) is -0.172. The Kier molecular flexibility index (Phi) is 4.52. The lowest BCUT2D eigenvalue weighted by molar-refractivity contribution is 0.101. The monoisotopic (exact) mass is 372 g/mol. The fourth-order valence-electron chi connectivity index (χ4n) is 2.56. The van der Waals surface area contributed by atoms with Crippen LogP contribution in [-0.4, -0.2) is 21.2 Å². The fraction of sp³-hybridized carbons (Fsp3) is 0.111. The van der Waals surface area contributed by atoms with Gasteiger partial charge in [-0.1, -0.05) is 24.3 Å². The van der Waals surface area contributed by atoms with E-state index in [1.165, 1.54) is 31.2 Å². The van der Waals surface area contributed by atoms with Crippen molar-refractivity contribution in [2.75, 3.05) is 17.1 Å². The molecule has 0 bridgehead atoms. The number of sulfonamides is 1. The van der Waals surface area contributed by atoms with E-state index in [4.69, 9.17) is 4.42 Å². The zero-order valence-corrected chi connectivity index (χ0v) is 14.9. The average molecular weight is 372 g/mol. The van der Waals surface area contributed by atoms with Crippen molar-refractivity contribution in [1.82, 2.24) is 0 Å². The quantitative estimate of drug-likeness (QED) is 0.527. The molecule has 2 aromatic carbocycles. The van der Waals surface area contributed by atoms with Gasteiger partial charge in [-0.15, -0.1) is 0 Å². The largest absolute Gasteiger partial charge is 0.421 e. The first-order valence-electron chi connectivity index (χ1n) is 7.71. The highest BCUT2D eigenvalue weighted by Gasteiger charge is 2.21. The van der Waals surface area contributed by atoms with Crippen LogP contribution in [0.4, 0.5) is 11.4 Å². The SMILES string of the molecule is CNc1c(NS(=O)(=O)c2ccc(C(C)=O)cc2)c(=O)oc2ccccc12. The summed E-state index contributed by atoms with van der Waals surface area (Å²) >= 11 is 0. The zero-order valence-electron chi connectivity index (χ0n) is 14.1. The van der Waals surface area contributed by atoms with Gasteiger partial charge in [0.2, 0.25) is 0 Å². The molecule has 7 nitrogen and oxygen atoms in total. The highest BCUT2D eigenvalue weighted by molar-refractivity contribution is 7.92. The molecule has 0 saturated carbocycles. The van der Waals surface area contributed by atoms with Crippen LogP contribution >= 0.6 is 0 Å². The lowest BCUT2D eigenvalue weighted by Gasteiger charge is -2.13. The first-order chi connectivity index (χ1) is 12.3. The summed E-state index contributed by atoms with van der Waals surface area (Å²) in [5.41, 5.74) is 0.0419. The molecule has 3 rings (SSSR count). The zero-order chi connectivity index (χ0) is 18.9. The molecule has 1 aromatic heterocycles. The number of ketones is 1. The molecule has 0 aliphatic heterocycles. The van der Waals surface area contributed by atoms with Gasteiger partial charge in [-0.05, 0) is 31.2 Å². The standard InChI is InChI=1S/C18H16N2O5S/c1-11(21)12-7-9-13(10-8-12)26(23,24)20-17-16(19-2)14-5-3-4-6-15(14)25-18(17)22/h3-10,19-20H,1-2H3. The van der Waals surface area contributed by atoms with Crippen LogP contribution in [0.2, 0.25) is 0 Å². The summed E-state index contributed by atoms with van der Waals surface area (Å²) in [6, 6.07) is 12.2. The van der Waals surface area contributed by atoms with Gasteiger partial charge in [-0.3, -0.25) is 9.52 Å². The molecular formula is C18H16N2O5S. The van der Waals surface area contributed by atoms with Crippen molar-refractivity contribution in [3.63, 3.8) is 0 Å². The summed E-state index contributed by atoms with van der Waals surface area (Å²) in [6.07, 6.45) is 0. The van der Waals surface area contributed by atoms with Crippen LogP contribution in [0.15, 0.2) is 62.6 Å². The molecular weight excluding hydrogens is 356 g/mol. The molecule has 0 amide bonds. The Labute approximate surface area is 149 Å². The van der Waals surface area contributed by atoms with E-state index in [0.29, 0.717) is 22.2 Å². The summed E-state index contributed by atoms with van der Waals surface area (Å²) in [7, 11) is -2.46. The van der Waals surface area contributed by atoms with Gasteiger partial charge >= 0.3 is 5.63 Å². The number of hydrogen-bond acceptors (Lipinski definition) is 6. The van der Waals surface area contributed by atoms with Crippen molar-refractivity contribution in [3.05, 3.63) is 64.5 Å². The van der Waals surface area contributed by atoms with E-state index < -0.39 is 15.6 Å². The van der Waals surface area contributed by atoms with E-state index in [1.807, 2.05) is 0 Å². The van der Waals surface area contributed by atoms with Gasteiger partial charge in [0, 0.05) is 18.0 Å². The normalized spacial score (nSPS) is 11.3. The van der Waals surface area contributed by atoms with Gasteiger partial charge in [0.25, 0.3) is 10.0 Å². The molecule has 0 saturated heterocycles. The number of carbonyl (C=O) groups excluding carboxylic acids is 1. The van der Waals surface area contributed by atoms with Crippen LogP contribution in [-0.2, 0) is 10.0 Å². The number of hydrogen-bond donors (Lipinski definition) is 2. The summed E-state index contributed by atoms with van der Waals surface area (Å²) < 4.78 is 32.8. The molecule has 1 heterocycles. The fourth-order valence-corrected chi connectivity index (χ4v) is 3.63. The van der Waals surface area contributed by atoms with Crippen LogP contribution in [0.5, 0.6) is 0 Å². The minimum atomic E-state index is -4.04. The van der Waals surface area contributed by atoms with Gasteiger partial charge < -0.3 is 9.73 Å². The minimum absolute atomic E-state index is 0.0721. The molecule has 0 unspecified atom stereocenters. The molecule has 0 aliphatic carbocycles. The van der Waals surface area contributed by atoms with Crippen molar-refractivity contribution in [3.8, 4) is 0 Å².